The molecule has 0 unspecified atom stereocenters. The van der Waals surface area contributed by atoms with E-state index >= 15 is 0 Å². The van der Waals surface area contributed by atoms with Crippen molar-refractivity contribution in [2.24, 2.45) is 11.8 Å². The van der Waals surface area contributed by atoms with E-state index in [1.165, 1.54) is 0 Å². The highest BCUT2D eigenvalue weighted by Gasteiger charge is 2.27. The van der Waals surface area contributed by atoms with Crippen LogP contribution in [0.2, 0.25) is 0 Å². The molecule has 0 saturated heterocycles. The summed E-state index contributed by atoms with van der Waals surface area (Å²) in [6.45, 7) is 1.51. The number of hydrogen-bond acceptors (Lipinski definition) is 5. The molecule has 5 nitrogen and oxygen atoms in total. The van der Waals surface area contributed by atoms with Gasteiger partial charge in [-0.25, -0.2) is 0 Å². The van der Waals surface area contributed by atoms with Crippen molar-refractivity contribution in [1.82, 2.24) is 0 Å². The van der Waals surface area contributed by atoms with E-state index in [1.807, 2.05) is 12.1 Å². The number of methoxy groups -OCH3 is 1. The first kappa shape index (κ1) is 20.4. The van der Waals surface area contributed by atoms with Gasteiger partial charge in [-0.3, -0.25) is 4.79 Å². The molecule has 0 radical (unpaired) electrons. The Balaban J connectivity index is 1.65. The van der Waals surface area contributed by atoms with Crippen LogP contribution >= 0.6 is 0 Å². The van der Waals surface area contributed by atoms with E-state index in [9.17, 15) is 9.59 Å². The average Bonchev–Trinajstić information content (AvgIpc) is 2.68. The Kier molecular flexibility index (Phi) is 9.18. The minimum absolute atomic E-state index is 0.0970. The molecule has 0 aromatic heterocycles. The van der Waals surface area contributed by atoms with Crippen LogP contribution in [-0.4, -0.2) is 32.6 Å². The zero-order chi connectivity index (χ0) is 18.6. The van der Waals surface area contributed by atoms with E-state index in [1.54, 1.807) is 19.2 Å². The van der Waals surface area contributed by atoms with Crippen LogP contribution in [0.3, 0.4) is 0 Å². The van der Waals surface area contributed by atoms with Crippen LogP contribution in [0.5, 0.6) is 11.5 Å². The molecule has 1 aromatic carbocycles. The van der Waals surface area contributed by atoms with Crippen molar-refractivity contribution in [3.8, 4) is 11.5 Å². The lowest BCUT2D eigenvalue weighted by Crippen LogP contribution is -2.26. The molecular weight excluding hydrogens is 332 g/mol. The molecule has 0 atom stereocenters. The zero-order valence-corrected chi connectivity index (χ0v) is 15.7. The third kappa shape index (κ3) is 7.16. The maximum absolute atomic E-state index is 12.2. The van der Waals surface area contributed by atoms with Crippen LogP contribution in [-0.2, 0) is 14.3 Å². The molecule has 0 amide bonds. The molecule has 2 rings (SSSR count). The topological polar surface area (TPSA) is 61.8 Å². The quantitative estimate of drug-likeness (QED) is 0.256. The standard InChI is InChI=1S/C21H30O5/c1-24-14-4-2-3-5-15-25-19-10-12-20(13-11-19)26-21(23)18-8-6-17(16-22)7-9-18/h10-13,16-18H,2-9,14-15H2,1H3. The van der Waals surface area contributed by atoms with Gasteiger partial charge in [0.15, 0.2) is 0 Å². The van der Waals surface area contributed by atoms with Gasteiger partial charge >= 0.3 is 5.97 Å². The smallest absolute Gasteiger partial charge is 0.314 e. The van der Waals surface area contributed by atoms with Gasteiger partial charge in [-0.1, -0.05) is 6.42 Å². The van der Waals surface area contributed by atoms with Crippen molar-refractivity contribution >= 4 is 12.3 Å². The van der Waals surface area contributed by atoms with Crippen LogP contribution in [0.4, 0.5) is 0 Å². The molecule has 26 heavy (non-hydrogen) atoms. The number of unbranched alkanes of at least 4 members (excludes halogenated alkanes) is 3. The average molecular weight is 362 g/mol. The highest BCUT2D eigenvalue weighted by molar-refractivity contribution is 5.75. The van der Waals surface area contributed by atoms with Crippen molar-refractivity contribution < 1.29 is 23.8 Å². The summed E-state index contributed by atoms with van der Waals surface area (Å²) >= 11 is 0. The van der Waals surface area contributed by atoms with Crippen LogP contribution in [0.1, 0.15) is 51.4 Å². The lowest BCUT2D eigenvalue weighted by Gasteiger charge is -2.23. The molecule has 0 spiro atoms. The SMILES string of the molecule is COCCCCCCOc1ccc(OC(=O)C2CCC(C=O)CC2)cc1. The van der Waals surface area contributed by atoms with E-state index in [2.05, 4.69) is 0 Å². The molecule has 0 heterocycles. The first-order chi connectivity index (χ1) is 12.7. The third-order valence-electron chi connectivity index (χ3n) is 4.85. The summed E-state index contributed by atoms with van der Waals surface area (Å²) in [6, 6.07) is 7.19. The highest BCUT2D eigenvalue weighted by Crippen LogP contribution is 2.29. The molecule has 1 aliphatic rings. The second-order valence-electron chi connectivity index (χ2n) is 6.90. The number of esters is 1. The fraction of sp³-hybridized carbons (Fsp3) is 0.619. The van der Waals surface area contributed by atoms with Crippen molar-refractivity contribution in [3.63, 3.8) is 0 Å². The predicted octanol–water partition coefficient (Wildman–Crippen LogP) is 4.18. The Labute approximate surface area is 156 Å². The maximum atomic E-state index is 12.2. The predicted molar refractivity (Wildman–Crippen MR) is 99.4 cm³/mol. The van der Waals surface area contributed by atoms with Gasteiger partial charge in [-0.2, -0.15) is 0 Å². The number of carbonyl (C=O) groups is 2. The lowest BCUT2D eigenvalue weighted by atomic mass is 9.83. The molecule has 0 bridgehead atoms. The Morgan fingerprint density at radius 3 is 2.19 bits per heavy atom. The Bertz CT molecular complexity index is 532. The van der Waals surface area contributed by atoms with Crippen LogP contribution < -0.4 is 9.47 Å². The van der Waals surface area contributed by atoms with Crippen molar-refractivity contribution in [1.29, 1.82) is 0 Å². The van der Waals surface area contributed by atoms with Crippen LogP contribution in [0.25, 0.3) is 0 Å². The molecule has 0 N–H and O–H groups in total. The van der Waals surface area contributed by atoms with Gasteiger partial charge in [0.05, 0.1) is 12.5 Å². The first-order valence-corrected chi connectivity index (χ1v) is 9.61. The summed E-state index contributed by atoms with van der Waals surface area (Å²) in [4.78, 5) is 23.0. The number of benzene rings is 1. The first-order valence-electron chi connectivity index (χ1n) is 9.61. The van der Waals surface area contributed by atoms with Crippen molar-refractivity contribution in [3.05, 3.63) is 24.3 Å². The molecule has 144 valence electrons. The van der Waals surface area contributed by atoms with E-state index in [0.29, 0.717) is 12.4 Å². The zero-order valence-electron chi connectivity index (χ0n) is 15.7. The number of aldehydes is 1. The highest BCUT2D eigenvalue weighted by atomic mass is 16.5. The van der Waals surface area contributed by atoms with E-state index in [4.69, 9.17) is 14.2 Å². The summed E-state index contributed by atoms with van der Waals surface area (Å²) in [5.74, 6) is 1.14. The van der Waals surface area contributed by atoms with Gasteiger partial charge in [0, 0.05) is 19.6 Å². The summed E-state index contributed by atoms with van der Waals surface area (Å²) in [7, 11) is 1.72. The van der Waals surface area contributed by atoms with Gasteiger partial charge in [0.2, 0.25) is 0 Å². The summed E-state index contributed by atoms with van der Waals surface area (Å²) in [5.41, 5.74) is 0. The number of rotatable bonds is 11. The molecule has 0 aliphatic heterocycles. The fourth-order valence-electron chi connectivity index (χ4n) is 3.19. The summed E-state index contributed by atoms with van der Waals surface area (Å²) in [5, 5.41) is 0. The molecule has 1 fully saturated rings. The van der Waals surface area contributed by atoms with Crippen molar-refractivity contribution in [2.45, 2.75) is 51.4 Å². The number of hydrogen-bond donors (Lipinski definition) is 0. The van der Waals surface area contributed by atoms with Crippen molar-refractivity contribution in [2.75, 3.05) is 20.3 Å². The fourth-order valence-corrected chi connectivity index (χ4v) is 3.19. The second kappa shape index (κ2) is 11.7. The second-order valence-corrected chi connectivity index (χ2v) is 6.90. The molecule has 1 aliphatic carbocycles. The number of carbonyl (C=O) groups excluding carboxylic acids is 2. The van der Waals surface area contributed by atoms with Gasteiger partial charge in [0.1, 0.15) is 17.8 Å². The minimum Gasteiger partial charge on any atom is -0.494 e. The Morgan fingerprint density at radius 1 is 0.962 bits per heavy atom. The molecular formula is C21H30O5. The summed E-state index contributed by atoms with van der Waals surface area (Å²) < 4.78 is 16.2. The molecule has 5 heteroatoms. The van der Waals surface area contributed by atoms with Crippen LogP contribution in [0.15, 0.2) is 24.3 Å². The normalized spacial score (nSPS) is 19.7. The minimum atomic E-state index is -0.195. The van der Waals surface area contributed by atoms with Gasteiger partial charge in [-0.15, -0.1) is 0 Å². The van der Waals surface area contributed by atoms with Gasteiger partial charge < -0.3 is 19.0 Å². The Hall–Kier alpha value is -1.88. The molecule has 1 saturated carbocycles. The largest absolute Gasteiger partial charge is 0.494 e. The summed E-state index contributed by atoms with van der Waals surface area (Å²) in [6.07, 6.45) is 8.41. The number of ether oxygens (including phenoxy) is 3. The van der Waals surface area contributed by atoms with Gasteiger partial charge in [0.25, 0.3) is 0 Å². The van der Waals surface area contributed by atoms with E-state index in [-0.39, 0.29) is 17.8 Å². The van der Waals surface area contributed by atoms with Gasteiger partial charge in [-0.05, 0) is 69.2 Å². The monoisotopic (exact) mass is 362 g/mol. The van der Waals surface area contributed by atoms with E-state index in [0.717, 1.165) is 70.0 Å². The van der Waals surface area contributed by atoms with Crippen LogP contribution in [0, 0.1) is 11.8 Å². The lowest BCUT2D eigenvalue weighted by molar-refractivity contribution is -0.140. The maximum Gasteiger partial charge on any atom is 0.314 e. The third-order valence-corrected chi connectivity index (χ3v) is 4.85. The Morgan fingerprint density at radius 2 is 1.58 bits per heavy atom. The molecule has 1 aromatic rings. The van der Waals surface area contributed by atoms with E-state index < -0.39 is 0 Å².